The maximum Gasteiger partial charge on any atom is 0.300 e. The van der Waals surface area contributed by atoms with Crippen LogP contribution in [-0.2, 0) is 9.59 Å². The molecule has 1 N–H and O–H groups in total. The predicted molar refractivity (Wildman–Crippen MR) is 132 cm³/mol. The zero-order valence-corrected chi connectivity index (χ0v) is 19.3. The molecule has 3 aromatic rings. The van der Waals surface area contributed by atoms with Crippen molar-refractivity contribution >= 4 is 28.8 Å². The fourth-order valence-corrected chi connectivity index (χ4v) is 4.82. The molecule has 1 unspecified atom stereocenters. The van der Waals surface area contributed by atoms with Gasteiger partial charge in [-0.3, -0.25) is 14.5 Å². The number of aliphatic hydroxyl groups is 1. The Hall–Kier alpha value is -4.13. The SMILES string of the molecule is COc1cccc(/C(O)=C2\C(=O)C(=O)N(c3ccc(N4CCCC4)cc3)C2c2ccccc2F)c1. The molecule has 2 fully saturated rings. The number of hydrogen-bond donors (Lipinski definition) is 1. The van der Waals surface area contributed by atoms with Gasteiger partial charge < -0.3 is 14.7 Å². The van der Waals surface area contributed by atoms with Gasteiger partial charge in [-0.1, -0.05) is 30.3 Å². The number of ether oxygens (including phenoxy) is 1. The maximum absolute atomic E-state index is 15.0. The van der Waals surface area contributed by atoms with Crippen LogP contribution in [0.1, 0.15) is 30.0 Å². The Bertz CT molecular complexity index is 1310. The van der Waals surface area contributed by atoms with E-state index >= 15 is 4.39 Å². The van der Waals surface area contributed by atoms with Crippen molar-refractivity contribution in [2.75, 3.05) is 30.0 Å². The lowest BCUT2D eigenvalue weighted by Crippen LogP contribution is -2.30. The third kappa shape index (κ3) is 4.03. The molecule has 2 aliphatic heterocycles. The number of Topliss-reactive ketones (excluding diaryl/α,β-unsaturated/α-hetero) is 1. The second-order valence-corrected chi connectivity index (χ2v) is 8.63. The smallest absolute Gasteiger partial charge is 0.300 e. The summed E-state index contributed by atoms with van der Waals surface area (Å²) < 4.78 is 20.3. The number of halogens is 1. The van der Waals surface area contributed by atoms with Crippen LogP contribution in [0.2, 0.25) is 0 Å². The van der Waals surface area contributed by atoms with Gasteiger partial charge in [-0.2, -0.15) is 0 Å². The van der Waals surface area contributed by atoms with Gasteiger partial charge in [0.25, 0.3) is 11.7 Å². The fourth-order valence-electron chi connectivity index (χ4n) is 4.82. The Balaban J connectivity index is 1.65. The Labute approximate surface area is 202 Å². The Morgan fingerprint density at radius 1 is 0.943 bits per heavy atom. The maximum atomic E-state index is 15.0. The monoisotopic (exact) mass is 472 g/mol. The molecule has 178 valence electrons. The predicted octanol–water partition coefficient (Wildman–Crippen LogP) is 5.06. The van der Waals surface area contributed by atoms with Crippen LogP contribution in [0.15, 0.2) is 78.4 Å². The number of ketones is 1. The van der Waals surface area contributed by atoms with Gasteiger partial charge in [0.05, 0.1) is 18.7 Å². The summed E-state index contributed by atoms with van der Waals surface area (Å²) in [6, 6.07) is 18.7. The van der Waals surface area contributed by atoms with E-state index in [1.54, 1.807) is 42.5 Å². The molecule has 0 bridgehead atoms. The number of benzene rings is 3. The second kappa shape index (κ2) is 9.25. The van der Waals surface area contributed by atoms with Gasteiger partial charge in [0.2, 0.25) is 0 Å². The average Bonchev–Trinajstić information content (AvgIpc) is 3.51. The van der Waals surface area contributed by atoms with E-state index in [9.17, 15) is 14.7 Å². The van der Waals surface area contributed by atoms with E-state index in [0.29, 0.717) is 17.0 Å². The minimum atomic E-state index is -1.12. The molecule has 0 aliphatic carbocycles. The van der Waals surface area contributed by atoms with E-state index in [0.717, 1.165) is 31.6 Å². The first-order chi connectivity index (χ1) is 17.0. The molecule has 35 heavy (non-hydrogen) atoms. The lowest BCUT2D eigenvalue weighted by molar-refractivity contribution is -0.132. The van der Waals surface area contributed by atoms with Crippen molar-refractivity contribution in [3.05, 3.63) is 95.3 Å². The molecule has 2 heterocycles. The number of carbonyl (C=O) groups is 2. The molecule has 0 radical (unpaired) electrons. The number of aliphatic hydroxyl groups excluding tert-OH is 1. The lowest BCUT2D eigenvalue weighted by atomic mass is 9.94. The van der Waals surface area contributed by atoms with Crippen molar-refractivity contribution in [1.29, 1.82) is 0 Å². The first-order valence-corrected chi connectivity index (χ1v) is 11.5. The number of nitrogens with zero attached hydrogens (tertiary/aromatic N) is 2. The fraction of sp³-hybridized carbons (Fsp3) is 0.214. The van der Waals surface area contributed by atoms with Gasteiger partial charge in [-0.05, 0) is 55.3 Å². The molecular formula is C28H25FN2O4. The number of carbonyl (C=O) groups excluding carboxylic acids is 2. The van der Waals surface area contributed by atoms with Gasteiger partial charge in [0.15, 0.2) is 0 Å². The van der Waals surface area contributed by atoms with E-state index in [-0.39, 0.29) is 16.9 Å². The quantitative estimate of drug-likeness (QED) is 0.319. The highest BCUT2D eigenvalue weighted by molar-refractivity contribution is 6.51. The van der Waals surface area contributed by atoms with E-state index in [1.807, 2.05) is 12.1 Å². The minimum Gasteiger partial charge on any atom is -0.507 e. The number of hydrogen-bond acceptors (Lipinski definition) is 5. The average molecular weight is 473 g/mol. The van der Waals surface area contributed by atoms with Gasteiger partial charge >= 0.3 is 0 Å². The zero-order valence-electron chi connectivity index (χ0n) is 19.3. The van der Waals surface area contributed by atoms with Gasteiger partial charge in [-0.15, -0.1) is 0 Å². The molecule has 6 nitrogen and oxygen atoms in total. The summed E-state index contributed by atoms with van der Waals surface area (Å²) in [6.45, 7) is 1.94. The first-order valence-electron chi connectivity index (χ1n) is 11.5. The molecule has 0 spiro atoms. The second-order valence-electron chi connectivity index (χ2n) is 8.63. The highest BCUT2D eigenvalue weighted by Gasteiger charge is 2.47. The van der Waals surface area contributed by atoms with Crippen LogP contribution in [0.4, 0.5) is 15.8 Å². The third-order valence-electron chi connectivity index (χ3n) is 6.59. The van der Waals surface area contributed by atoms with Crippen LogP contribution in [0.5, 0.6) is 5.75 Å². The van der Waals surface area contributed by atoms with Gasteiger partial charge in [0.1, 0.15) is 17.3 Å². The highest BCUT2D eigenvalue weighted by atomic mass is 19.1. The molecule has 2 aliphatic rings. The van der Waals surface area contributed by atoms with E-state index in [2.05, 4.69) is 4.90 Å². The van der Waals surface area contributed by atoms with Crippen molar-refractivity contribution < 1.29 is 23.8 Å². The van der Waals surface area contributed by atoms with Crippen molar-refractivity contribution in [3.63, 3.8) is 0 Å². The van der Waals surface area contributed by atoms with E-state index in [4.69, 9.17) is 4.74 Å². The standard InChI is InChI=1S/C28H25FN2O4/c1-35-21-8-6-7-18(17-21)26(32)24-25(22-9-2-3-10-23(22)29)31(28(34)27(24)33)20-13-11-19(12-14-20)30-15-4-5-16-30/h2-3,6-14,17,25,32H,4-5,15-16H2,1H3/b26-24+. The minimum absolute atomic E-state index is 0.125. The molecule has 3 aromatic carbocycles. The van der Waals surface area contributed by atoms with Gasteiger partial charge in [0, 0.05) is 35.6 Å². The van der Waals surface area contributed by atoms with Crippen molar-refractivity contribution in [1.82, 2.24) is 0 Å². The summed E-state index contributed by atoms with van der Waals surface area (Å²) in [5.41, 5.74) is 1.74. The van der Waals surface area contributed by atoms with E-state index < -0.39 is 23.5 Å². The van der Waals surface area contributed by atoms with Crippen molar-refractivity contribution in [2.45, 2.75) is 18.9 Å². The summed E-state index contributed by atoms with van der Waals surface area (Å²) in [5.74, 6) is -2.18. The summed E-state index contributed by atoms with van der Waals surface area (Å²) >= 11 is 0. The van der Waals surface area contributed by atoms with Crippen LogP contribution >= 0.6 is 0 Å². The number of rotatable bonds is 5. The highest BCUT2D eigenvalue weighted by Crippen LogP contribution is 2.43. The number of anilines is 2. The van der Waals surface area contributed by atoms with Crippen LogP contribution in [0, 0.1) is 5.82 Å². The van der Waals surface area contributed by atoms with Crippen LogP contribution < -0.4 is 14.5 Å². The largest absolute Gasteiger partial charge is 0.507 e. The molecule has 2 saturated heterocycles. The molecule has 5 rings (SSSR count). The Morgan fingerprint density at radius 3 is 2.31 bits per heavy atom. The Kier molecular flexibility index (Phi) is 5.99. The van der Waals surface area contributed by atoms with E-state index in [1.165, 1.54) is 30.2 Å². The number of methoxy groups -OCH3 is 1. The zero-order chi connectivity index (χ0) is 24.5. The summed E-state index contributed by atoms with van der Waals surface area (Å²) in [7, 11) is 1.49. The Morgan fingerprint density at radius 2 is 1.63 bits per heavy atom. The molecule has 0 saturated carbocycles. The normalized spacial score (nSPS) is 19.4. The summed E-state index contributed by atoms with van der Waals surface area (Å²) in [5, 5.41) is 11.2. The third-order valence-corrected chi connectivity index (χ3v) is 6.59. The van der Waals surface area contributed by atoms with Crippen LogP contribution in [-0.4, -0.2) is 37.0 Å². The number of amides is 1. The van der Waals surface area contributed by atoms with Crippen LogP contribution in [0.3, 0.4) is 0 Å². The summed E-state index contributed by atoms with van der Waals surface area (Å²) in [6.07, 6.45) is 2.27. The molecule has 7 heteroatoms. The van der Waals surface area contributed by atoms with Crippen molar-refractivity contribution in [2.24, 2.45) is 0 Å². The van der Waals surface area contributed by atoms with Gasteiger partial charge in [-0.25, -0.2) is 4.39 Å². The van der Waals surface area contributed by atoms with Crippen LogP contribution in [0.25, 0.3) is 5.76 Å². The first kappa shape index (κ1) is 22.7. The molecule has 1 atom stereocenters. The molecule has 0 aromatic heterocycles. The van der Waals surface area contributed by atoms with Crippen molar-refractivity contribution in [3.8, 4) is 5.75 Å². The topological polar surface area (TPSA) is 70.1 Å². The summed E-state index contributed by atoms with van der Waals surface area (Å²) in [4.78, 5) is 30.1. The molecule has 1 amide bonds. The lowest BCUT2D eigenvalue weighted by Gasteiger charge is -2.26. The molecular weight excluding hydrogens is 447 g/mol.